The number of para-hydroxylation sites is 1. The standard InChI is InChI=1S/C29H32N6O3S/c1-18(2)16-33-11-10-19(17-33)31-27(36)25-15-23-28(39-25)32-26(30)29(37)35(23)21-8-9-24-22(14-21)34(12-13-38-24)20-6-4-3-5-7-20/h3-9,14-15,18-19H,10-13,16-17H2,1-2H3,(H2,30,32)(H,31,36)/t19-/m1/s1. The van der Waals surface area contributed by atoms with E-state index in [1.165, 1.54) is 11.3 Å². The summed E-state index contributed by atoms with van der Waals surface area (Å²) in [5.74, 6) is 1.07. The molecule has 6 rings (SSSR count). The van der Waals surface area contributed by atoms with Gasteiger partial charge in [-0.25, -0.2) is 4.98 Å². The first-order valence-electron chi connectivity index (χ1n) is 13.3. The fourth-order valence-corrected chi connectivity index (χ4v) is 6.40. The number of hydrogen-bond donors (Lipinski definition) is 2. The Morgan fingerprint density at radius 2 is 1.97 bits per heavy atom. The quantitative estimate of drug-likeness (QED) is 0.378. The van der Waals surface area contributed by atoms with Gasteiger partial charge in [0.25, 0.3) is 11.5 Å². The van der Waals surface area contributed by atoms with Crippen molar-refractivity contribution in [1.82, 2.24) is 19.8 Å². The molecule has 9 nitrogen and oxygen atoms in total. The van der Waals surface area contributed by atoms with Crippen LogP contribution in [0, 0.1) is 5.92 Å². The molecule has 0 aliphatic carbocycles. The molecule has 10 heteroatoms. The number of benzene rings is 2. The van der Waals surface area contributed by atoms with Crippen molar-refractivity contribution in [3.05, 3.63) is 69.8 Å². The summed E-state index contributed by atoms with van der Waals surface area (Å²) in [6.07, 6.45) is 0.925. The fourth-order valence-electron chi connectivity index (χ4n) is 5.47. The van der Waals surface area contributed by atoms with Gasteiger partial charge in [0.2, 0.25) is 0 Å². The van der Waals surface area contributed by atoms with E-state index in [1.54, 1.807) is 10.6 Å². The number of fused-ring (bicyclic) bond motifs is 2. The van der Waals surface area contributed by atoms with Gasteiger partial charge in [0, 0.05) is 31.4 Å². The number of nitrogen functional groups attached to an aromatic ring is 1. The number of thiophene rings is 1. The Bertz CT molecular complexity index is 1580. The Balaban J connectivity index is 1.34. The van der Waals surface area contributed by atoms with Crippen LogP contribution in [-0.4, -0.2) is 59.2 Å². The van der Waals surface area contributed by atoms with E-state index in [2.05, 4.69) is 33.9 Å². The van der Waals surface area contributed by atoms with Gasteiger partial charge in [0.15, 0.2) is 5.82 Å². The second-order valence-corrected chi connectivity index (χ2v) is 11.6. The molecule has 0 radical (unpaired) electrons. The van der Waals surface area contributed by atoms with Crippen LogP contribution in [0.1, 0.15) is 29.9 Å². The molecule has 0 saturated carbocycles. The van der Waals surface area contributed by atoms with E-state index in [0.717, 1.165) is 43.2 Å². The third kappa shape index (κ3) is 4.97. The zero-order chi connectivity index (χ0) is 27.1. The topological polar surface area (TPSA) is 106 Å². The first kappa shape index (κ1) is 25.4. The van der Waals surface area contributed by atoms with Gasteiger partial charge < -0.3 is 25.6 Å². The lowest BCUT2D eigenvalue weighted by Gasteiger charge is -2.31. The number of carbonyl (C=O) groups excluding carboxylic acids is 1. The zero-order valence-electron chi connectivity index (χ0n) is 22.1. The highest BCUT2D eigenvalue weighted by Crippen LogP contribution is 2.38. The van der Waals surface area contributed by atoms with Crippen molar-refractivity contribution in [3.63, 3.8) is 0 Å². The summed E-state index contributed by atoms with van der Waals surface area (Å²) in [4.78, 5) is 36.5. The summed E-state index contributed by atoms with van der Waals surface area (Å²) in [7, 11) is 0. The lowest BCUT2D eigenvalue weighted by molar-refractivity contribution is 0.0941. The number of aromatic nitrogens is 2. The second-order valence-electron chi connectivity index (χ2n) is 10.5. The molecule has 202 valence electrons. The van der Waals surface area contributed by atoms with Crippen molar-refractivity contribution >= 4 is 44.8 Å². The number of ether oxygens (including phenoxy) is 1. The molecule has 4 heterocycles. The maximum Gasteiger partial charge on any atom is 0.298 e. The van der Waals surface area contributed by atoms with Crippen molar-refractivity contribution in [1.29, 1.82) is 0 Å². The van der Waals surface area contributed by atoms with Crippen LogP contribution < -0.4 is 26.2 Å². The minimum atomic E-state index is -0.421. The number of anilines is 3. The molecule has 1 saturated heterocycles. The van der Waals surface area contributed by atoms with E-state index in [1.807, 2.05) is 48.5 Å². The Morgan fingerprint density at radius 3 is 2.77 bits per heavy atom. The zero-order valence-corrected chi connectivity index (χ0v) is 22.9. The molecule has 2 aliphatic heterocycles. The van der Waals surface area contributed by atoms with Crippen LogP contribution in [0.4, 0.5) is 17.2 Å². The van der Waals surface area contributed by atoms with Gasteiger partial charge in [-0.1, -0.05) is 32.0 Å². The number of nitrogens with zero attached hydrogens (tertiary/aromatic N) is 4. The molecule has 1 fully saturated rings. The highest BCUT2D eigenvalue weighted by atomic mass is 32.1. The molecule has 3 N–H and O–H groups in total. The van der Waals surface area contributed by atoms with Crippen LogP contribution in [0.3, 0.4) is 0 Å². The number of rotatable bonds is 6. The average molecular weight is 545 g/mol. The number of amides is 1. The van der Waals surface area contributed by atoms with Gasteiger partial charge in [0.1, 0.15) is 17.2 Å². The molecule has 2 aliphatic rings. The van der Waals surface area contributed by atoms with Crippen LogP contribution in [0.2, 0.25) is 0 Å². The number of nitrogens with two attached hydrogens (primary N) is 1. The molecule has 0 unspecified atom stereocenters. The molecular weight excluding hydrogens is 512 g/mol. The largest absolute Gasteiger partial charge is 0.490 e. The van der Waals surface area contributed by atoms with E-state index in [0.29, 0.717) is 40.0 Å². The SMILES string of the molecule is CC(C)CN1CC[C@@H](NC(=O)c2cc3c(nc(N)c(=O)n3-c3ccc4c(c3)N(c3ccccc3)CCO4)s2)C1. The third-order valence-electron chi connectivity index (χ3n) is 7.17. The highest BCUT2D eigenvalue weighted by Gasteiger charge is 2.26. The van der Waals surface area contributed by atoms with E-state index in [9.17, 15) is 9.59 Å². The van der Waals surface area contributed by atoms with Gasteiger partial charge in [0.05, 0.1) is 28.3 Å². The van der Waals surface area contributed by atoms with Crippen molar-refractivity contribution in [2.75, 3.05) is 43.4 Å². The molecule has 4 aromatic rings. The Morgan fingerprint density at radius 1 is 1.15 bits per heavy atom. The monoisotopic (exact) mass is 544 g/mol. The van der Waals surface area contributed by atoms with Crippen LogP contribution >= 0.6 is 11.3 Å². The lowest BCUT2D eigenvalue weighted by Crippen LogP contribution is -2.37. The number of likely N-dealkylation sites (tertiary alicyclic amines) is 1. The van der Waals surface area contributed by atoms with E-state index >= 15 is 0 Å². The van der Waals surface area contributed by atoms with Gasteiger partial charge in [-0.05, 0) is 48.7 Å². The smallest absolute Gasteiger partial charge is 0.298 e. The number of hydrogen-bond acceptors (Lipinski definition) is 8. The van der Waals surface area contributed by atoms with Crippen LogP contribution in [0.15, 0.2) is 59.4 Å². The Labute approximate surface area is 230 Å². The molecule has 1 atom stereocenters. The van der Waals surface area contributed by atoms with Gasteiger partial charge in [-0.15, -0.1) is 11.3 Å². The lowest BCUT2D eigenvalue weighted by atomic mass is 10.1. The van der Waals surface area contributed by atoms with Gasteiger partial charge in [-0.3, -0.25) is 14.2 Å². The average Bonchev–Trinajstić information content (AvgIpc) is 3.55. The minimum Gasteiger partial charge on any atom is -0.490 e. The second kappa shape index (κ2) is 10.3. The predicted octanol–water partition coefficient (Wildman–Crippen LogP) is 4.02. The van der Waals surface area contributed by atoms with Crippen LogP contribution in [-0.2, 0) is 0 Å². The van der Waals surface area contributed by atoms with Gasteiger partial charge in [-0.2, -0.15) is 0 Å². The number of nitrogens with one attached hydrogen (secondary N) is 1. The summed E-state index contributed by atoms with van der Waals surface area (Å²) in [6.45, 7) is 8.51. The third-order valence-corrected chi connectivity index (χ3v) is 8.18. The summed E-state index contributed by atoms with van der Waals surface area (Å²) in [5.41, 5.74) is 8.74. The maximum atomic E-state index is 13.3. The molecule has 0 spiro atoms. The van der Waals surface area contributed by atoms with Crippen molar-refractivity contribution in [3.8, 4) is 11.4 Å². The fraction of sp³-hybridized carbons (Fsp3) is 0.345. The van der Waals surface area contributed by atoms with Crippen LogP contribution in [0.25, 0.3) is 16.0 Å². The van der Waals surface area contributed by atoms with Crippen molar-refractivity contribution < 1.29 is 9.53 Å². The van der Waals surface area contributed by atoms with Crippen molar-refractivity contribution in [2.24, 2.45) is 5.92 Å². The highest BCUT2D eigenvalue weighted by molar-refractivity contribution is 7.20. The van der Waals surface area contributed by atoms with Gasteiger partial charge >= 0.3 is 0 Å². The number of carbonyl (C=O) groups is 1. The molecule has 0 bridgehead atoms. The molecule has 2 aromatic carbocycles. The minimum absolute atomic E-state index is 0.103. The predicted molar refractivity (Wildman–Crippen MR) is 156 cm³/mol. The summed E-state index contributed by atoms with van der Waals surface area (Å²) in [5, 5.41) is 3.17. The molecule has 1 amide bonds. The summed E-state index contributed by atoms with van der Waals surface area (Å²) >= 11 is 1.25. The molecular formula is C29H32N6O3S. The summed E-state index contributed by atoms with van der Waals surface area (Å²) < 4.78 is 7.46. The van der Waals surface area contributed by atoms with E-state index in [4.69, 9.17) is 10.5 Å². The molecule has 2 aromatic heterocycles. The van der Waals surface area contributed by atoms with Crippen molar-refractivity contribution in [2.45, 2.75) is 26.3 Å². The maximum absolute atomic E-state index is 13.3. The Hall–Kier alpha value is -3.89. The first-order chi connectivity index (χ1) is 18.9. The Kier molecular flexibility index (Phi) is 6.74. The van der Waals surface area contributed by atoms with E-state index in [-0.39, 0.29) is 17.8 Å². The first-order valence-corrected chi connectivity index (χ1v) is 14.1. The molecule has 39 heavy (non-hydrogen) atoms. The van der Waals surface area contributed by atoms with E-state index < -0.39 is 5.56 Å². The normalized spacial score (nSPS) is 17.4. The van der Waals surface area contributed by atoms with Crippen LogP contribution in [0.5, 0.6) is 5.75 Å². The summed E-state index contributed by atoms with van der Waals surface area (Å²) in [6, 6.07) is 17.6.